The van der Waals surface area contributed by atoms with Gasteiger partial charge in [0.05, 0.1) is 6.10 Å². The van der Waals surface area contributed by atoms with Gasteiger partial charge >= 0.3 is 0 Å². The van der Waals surface area contributed by atoms with Gasteiger partial charge in [0.25, 0.3) is 17.2 Å². The van der Waals surface area contributed by atoms with Crippen LogP contribution >= 0.6 is 0 Å². The molecule has 0 aromatic heterocycles. The lowest BCUT2D eigenvalue weighted by atomic mass is 10.1. The molecule has 1 aromatic carbocycles. The van der Waals surface area contributed by atoms with Crippen molar-refractivity contribution in [2.75, 3.05) is 37.5 Å². The molecule has 3 atom stereocenters. The average Bonchev–Trinajstić information content (AvgIpc) is 3.07. The van der Waals surface area contributed by atoms with Crippen molar-refractivity contribution in [1.82, 2.24) is 9.80 Å². The minimum atomic E-state index is -2.11. The zero-order valence-corrected chi connectivity index (χ0v) is 15.2. The van der Waals surface area contributed by atoms with Gasteiger partial charge in [0.15, 0.2) is 0 Å². The van der Waals surface area contributed by atoms with Gasteiger partial charge in [0.2, 0.25) is 0 Å². The highest BCUT2D eigenvalue weighted by Crippen LogP contribution is 2.19. The summed E-state index contributed by atoms with van der Waals surface area (Å²) in [6.07, 6.45) is 2.62. The SMILES string of the molecule is CC1CN(CC2CCCO2)CCN1C(=O)c1ccc(NS(=O)O)cc1. The number of amides is 1. The summed E-state index contributed by atoms with van der Waals surface area (Å²) >= 11 is -2.11. The van der Waals surface area contributed by atoms with Gasteiger partial charge in [-0.1, -0.05) is 0 Å². The van der Waals surface area contributed by atoms with Crippen LogP contribution in [-0.4, -0.2) is 69.4 Å². The molecule has 1 amide bonds. The first-order valence-electron chi connectivity index (χ1n) is 8.65. The Hall–Kier alpha value is -1.48. The quantitative estimate of drug-likeness (QED) is 0.772. The molecule has 7 nitrogen and oxygen atoms in total. The topological polar surface area (TPSA) is 82.1 Å². The molecule has 0 spiro atoms. The van der Waals surface area contributed by atoms with E-state index in [2.05, 4.69) is 16.5 Å². The van der Waals surface area contributed by atoms with Crippen LogP contribution in [0.2, 0.25) is 0 Å². The normalized spacial score (nSPS) is 25.8. The number of hydrogen-bond acceptors (Lipinski definition) is 4. The zero-order chi connectivity index (χ0) is 17.8. The number of rotatable bonds is 5. The molecule has 2 aliphatic rings. The Balaban J connectivity index is 1.56. The summed E-state index contributed by atoms with van der Waals surface area (Å²) in [5.74, 6) is 0.000868. The molecule has 0 radical (unpaired) electrons. The van der Waals surface area contributed by atoms with E-state index in [1.54, 1.807) is 24.3 Å². The van der Waals surface area contributed by atoms with Crippen LogP contribution in [0.15, 0.2) is 24.3 Å². The number of hydrogen-bond donors (Lipinski definition) is 2. The lowest BCUT2D eigenvalue weighted by molar-refractivity contribution is 0.0279. The van der Waals surface area contributed by atoms with Crippen molar-refractivity contribution in [3.8, 4) is 0 Å². The Morgan fingerprint density at radius 1 is 1.36 bits per heavy atom. The zero-order valence-electron chi connectivity index (χ0n) is 14.4. The third kappa shape index (κ3) is 4.78. The smallest absolute Gasteiger partial charge is 0.259 e. The maximum absolute atomic E-state index is 12.7. The number of carbonyl (C=O) groups excluding carboxylic acids is 1. The first kappa shape index (κ1) is 18.3. The highest BCUT2D eigenvalue weighted by atomic mass is 32.2. The molecule has 8 heteroatoms. The number of benzene rings is 1. The number of piperazine rings is 1. The van der Waals surface area contributed by atoms with Crippen LogP contribution in [0.3, 0.4) is 0 Å². The van der Waals surface area contributed by atoms with Crippen LogP contribution in [0, 0.1) is 0 Å². The molecule has 2 N–H and O–H groups in total. The summed E-state index contributed by atoms with van der Waals surface area (Å²) in [4.78, 5) is 17.0. The highest BCUT2D eigenvalue weighted by molar-refractivity contribution is 7.80. The molecule has 3 unspecified atom stereocenters. The Labute approximate surface area is 150 Å². The fourth-order valence-corrected chi connectivity index (χ4v) is 3.86. The molecule has 1 aromatic rings. The van der Waals surface area contributed by atoms with Gasteiger partial charge in [0, 0.05) is 50.1 Å². The van der Waals surface area contributed by atoms with Crippen molar-refractivity contribution in [2.24, 2.45) is 0 Å². The maximum Gasteiger partial charge on any atom is 0.259 e. The van der Waals surface area contributed by atoms with Crippen molar-refractivity contribution in [3.63, 3.8) is 0 Å². The minimum Gasteiger partial charge on any atom is -0.377 e. The van der Waals surface area contributed by atoms with E-state index in [9.17, 15) is 9.00 Å². The third-order valence-corrected chi connectivity index (χ3v) is 5.21. The first-order valence-corrected chi connectivity index (χ1v) is 9.76. The van der Waals surface area contributed by atoms with E-state index in [1.165, 1.54) is 0 Å². The van der Waals surface area contributed by atoms with Gasteiger partial charge in [-0.05, 0) is 44.0 Å². The second-order valence-corrected chi connectivity index (χ2v) is 7.37. The number of anilines is 1. The fraction of sp³-hybridized carbons (Fsp3) is 0.588. The summed E-state index contributed by atoms with van der Waals surface area (Å²) < 4.78 is 27.7. The van der Waals surface area contributed by atoms with Crippen LogP contribution in [0.4, 0.5) is 5.69 Å². The summed E-state index contributed by atoms with van der Waals surface area (Å²) in [5.41, 5.74) is 1.10. The average molecular weight is 367 g/mol. The van der Waals surface area contributed by atoms with Gasteiger partial charge in [0.1, 0.15) is 0 Å². The lowest BCUT2D eigenvalue weighted by Gasteiger charge is -2.40. The molecule has 2 fully saturated rings. The maximum atomic E-state index is 12.7. The monoisotopic (exact) mass is 367 g/mol. The molecule has 2 aliphatic heterocycles. The molecular formula is C17H25N3O4S. The van der Waals surface area contributed by atoms with Crippen LogP contribution in [0.1, 0.15) is 30.1 Å². The summed E-state index contributed by atoms with van der Waals surface area (Å²) in [7, 11) is 0. The highest BCUT2D eigenvalue weighted by Gasteiger charge is 2.30. The third-order valence-electron chi connectivity index (χ3n) is 4.80. The Morgan fingerprint density at radius 2 is 2.12 bits per heavy atom. The van der Waals surface area contributed by atoms with Crippen molar-refractivity contribution < 1.29 is 18.3 Å². The molecule has 2 heterocycles. The van der Waals surface area contributed by atoms with E-state index >= 15 is 0 Å². The fourth-order valence-electron chi connectivity index (χ4n) is 3.52. The van der Waals surface area contributed by atoms with E-state index in [4.69, 9.17) is 9.29 Å². The second-order valence-electron chi connectivity index (χ2n) is 6.67. The molecular weight excluding hydrogens is 342 g/mol. The summed E-state index contributed by atoms with van der Waals surface area (Å²) in [6.45, 7) is 6.31. The van der Waals surface area contributed by atoms with Crippen molar-refractivity contribution >= 4 is 22.9 Å². The van der Waals surface area contributed by atoms with Crippen LogP contribution < -0.4 is 4.72 Å². The van der Waals surface area contributed by atoms with Gasteiger partial charge in [-0.15, -0.1) is 0 Å². The van der Waals surface area contributed by atoms with E-state index in [-0.39, 0.29) is 11.9 Å². The summed E-state index contributed by atoms with van der Waals surface area (Å²) in [6, 6.07) is 6.79. The minimum absolute atomic E-state index is 0.000868. The van der Waals surface area contributed by atoms with Gasteiger partial charge < -0.3 is 9.64 Å². The van der Waals surface area contributed by atoms with Crippen LogP contribution in [-0.2, 0) is 16.0 Å². The largest absolute Gasteiger partial charge is 0.377 e. The van der Waals surface area contributed by atoms with E-state index < -0.39 is 11.3 Å². The van der Waals surface area contributed by atoms with Crippen LogP contribution in [0.5, 0.6) is 0 Å². The van der Waals surface area contributed by atoms with Crippen molar-refractivity contribution in [3.05, 3.63) is 29.8 Å². The lowest BCUT2D eigenvalue weighted by Crippen LogP contribution is -2.55. The van der Waals surface area contributed by atoms with E-state index in [0.717, 1.165) is 39.1 Å². The number of ether oxygens (including phenoxy) is 1. The van der Waals surface area contributed by atoms with Crippen molar-refractivity contribution in [2.45, 2.75) is 31.9 Å². The number of carbonyl (C=O) groups is 1. The molecule has 25 heavy (non-hydrogen) atoms. The molecule has 0 bridgehead atoms. The first-order chi connectivity index (χ1) is 12.0. The second kappa shape index (κ2) is 8.27. The van der Waals surface area contributed by atoms with Crippen LogP contribution in [0.25, 0.3) is 0 Å². The molecule has 2 saturated heterocycles. The Bertz CT molecular complexity index is 619. The number of nitrogens with zero attached hydrogens (tertiary/aromatic N) is 2. The predicted octanol–water partition coefficient (Wildman–Crippen LogP) is 1.56. The van der Waals surface area contributed by atoms with Crippen molar-refractivity contribution in [1.29, 1.82) is 0 Å². The Morgan fingerprint density at radius 3 is 2.72 bits per heavy atom. The standard InChI is InChI=1S/C17H25N3O4S/c1-13-11-19(12-16-3-2-10-24-16)8-9-20(13)17(21)14-4-6-15(7-5-14)18-25(22)23/h4-7,13,16,18H,2-3,8-12H2,1H3,(H,22,23). The Kier molecular flexibility index (Phi) is 6.06. The molecule has 3 rings (SSSR count). The van der Waals surface area contributed by atoms with E-state index in [1.807, 2.05) is 4.90 Å². The molecule has 0 saturated carbocycles. The molecule has 138 valence electrons. The van der Waals surface area contributed by atoms with Gasteiger partial charge in [-0.3, -0.25) is 19.0 Å². The predicted molar refractivity (Wildman–Crippen MR) is 96.7 cm³/mol. The molecule has 0 aliphatic carbocycles. The summed E-state index contributed by atoms with van der Waals surface area (Å²) in [5, 5.41) is 0. The van der Waals surface area contributed by atoms with E-state index in [0.29, 0.717) is 23.9 Å². The van der Waals surface area contributed by atoms with Gasteiger partial charge in [-0.2, -0.15) is 0 Å². The number of nitrogens with one attached hydrogen (secondary N) is 1. The van der Waals surface area contributed by atoms with Gasteiger partial charge in [-0.25, -0.2) is 4.21 Å².